The van der Waals surface area contributed by atoms with Crippen molar-refractivity contribution in [2.45, 2.75) is 25.8 Å². The van der Waals surface area contributed by atoms with Gasteiger partial charge in [0.15, 0.2) is 5.78 Å². The second-order valence-corrected chi connectivity index (χ2v) is 3.93. The molecule has 74 valence electrons. The van der Waals surface area contributed by atoms with Crippen molar-refractivity contribution < 1.29 is 4.79 Å². The number of carbonyl (C=O) groups is 1. The van der Waals surface area contributed by atoms with E-state index in [0.717, 1.165) is 18.5 Å². The highest BCUT2D eigenvalue weighted by atomic mass is 16.1. The predicted molar refractivity (Wildman–Crippen MR) is 56.5 cm³/mol. The number of ketones is 1. The highest BCUT2D eigenvalue weighted by molar-refractivity contribution is 5.96. The minimum absolute atomic E-state index is 0.252. The number of hydrogen-bond donors (Lipinski definition) is 1. The van der Waals surface area contributed by atoms with E-state index in [2.05, 4.69) is 5.32 Å². The molecule has 1 aliphatic rings. The molecule has 1 unspecified atom stereocenters. The topological polar surface area (TPSA) is 29.1 Å². The molecule has 0 amide bonds. The highest BCUT2D eigenvalue weighted by Crippen LogP contribution is 2.12. The van der Waals surface area contributed by atoms with Gasteiger partial charge >= 0.3 is 0 Å². The number of hydrogen-bond acceptors (Lipinski definition) is 2. The zero-order chi connectivity index (χ0) is 9.97. The zero-order valence-corrected chi connectivity index (χ0v) is 8.42. The molecule has 1 aliphatic heterocycles. The molecular formula is C12H15NO. The normalized spacial score (nSPS) is 20.2. The van der Waals surface area contributed by atoms with Gasteiger partial charge in [-0.25, -0.2) is 0 Å². The Labute approximate surface area is 84.3 Å². The van der Waals surface area contributed by atoms with Crippen molar-refractivity contribution in [3.05, 3.63) is 35.4 Å². The van der Waals surface area contributed by atoms with Crippen LogP contribution in [-0.2, 0) is 0 Å². The van der Waals surface area contributed by atoms with Crippen LogP contribution in [0.3, 0.4) is 0 Å². The molecule has 0 aromatic heterocycles. The van der Waals surface area contributed by atoms with Crippen LogP contribution in [0, 0.1) is 6.92 Å². The summed E-state index contributed by atoms with van der Waals surface area (Å²) >= 11 is 0. The molecule has 0 aliphatic carbocycles. The number of carbonyl (C=O) groups excluding carboxylic acids is 1. The van der Waals surface area contributed by atoms with Gasteiger partial charge in [0.1, 0.15) is 0 Å². The van der Waals surface area contributed by atoms with Crippen molar-refractivity contribution in [2.24, 2.45) is 0 Å². The molecule has 1 heterocycles. The Morgan fingerprint density at radius 3 is 2.57 bits per heavy atom. The summed E-state index contributed by atoms with van der Waals surface area (Å²) in [6.07, 6.45) is 1.78. The first-order valence-electron chi connectivity index (χ1n) is 5.09. The molecule has 2 nitrogen and oxygen atoms in total. The van der Waals surface area contributed by atoms with Crippen LogP contribution in [0.25, 0.3) is 0 Å². The minimum Gasteiger partial charge on any atom is -0.313 e. The van der Waals surface area contributed by atoms with Crippen LogP contribution in [0.4, 0.5) is 0 Å². The minimum atomic E-state index is 0.252. The fourth-order valence-corrected chi connectivity index (χ4v) is 1.60. The van der Waals surface area contributed by atoms with Gasteiger partial charge < -0.3 is 5.32 Å². The molecule has 0 radical (unpaired) electrons. The molecule has 1 fully saturated rings. The van der Waals surface area contributed by atoms with Gasteiger partial charge in [-0.15, -0.1) is 0 Å². The number of aryl methyl sites for hydroxylation is 1. The largest absolute Gasteiger partial charge is 0.313 e. The van der Waals surface area contributed by atoms with Crippen LogP contribution in [0.2, 0.25) is 0 Å². The maximum Gasteiger partial charge on any atom is 0.164 e. The summed E-state index contributed by atoms with van der Waals surface area (Å²) in [6.45, 7) is 3.09. The summed E-state index contributed by atoms with van der Waals surface area (Å²) in [5, 5.41) is 3.24. The quantitative estimate of drug-likeness (QED) is 0.736. The molecule has 2 heteroatoms. The Morgan fingerprint density at radius 2 is 2.07 bits per heavy atom. The van der Waals surface area contributed by atoms with E-state index in [4.69, 9.17) is 0 Å². The van der Waals surface area contributed by atoms with E-state index in [9.17, 15) is 4.79 Å². The Hall–Kier alpha value is -1.15. The second-order valence-electron chi connectivity index (χ2n) is 3.93. The molecule has 0 bridgehead atoms. The van der Waals surface area contributed by atoms with E-state index in [0.29, 0.717) is 12.5 Å². The summed E-state index contributed by atoms with van der Waals surface area (Å²) in [4.78, 5) is 11.7. The monoisotopic (exact) mass is 189 g/mol. The van der Waals surface area contributed by atoms with E-state index in [-0.39, 0.29) is 5.78 Å². The first kappa shape index (κ1) is 9.41. The van der Waals surface area contributed by atoms with E-state index < -0.39 is 0 Å². The SMILES string of the molecule is Cc1ccc(C(=O)CC2CCN2)cc1. The first-order valence-corrected chi connectivity index (χ1v) is 5.09. The van der Waals surface area contributed by atoms with Crippen molar-refractivity contribution >= 4 is 5.78 Å². The molecule has 0 saturated carbocycles. The van der Waals surface area contributed by atoms with Gasteiger partial charge in [-0.3, -0.25) is 4.79 Å². The fourth-order valence-electron chi connectivity index (χ4n) is 1.60. The van der Waals surface area contributed by atoms with Gasteiger partial charge in [0.2, 0.25) is 0 Å². The Morgan fingerprint density at radius 1 is 1.43 bits per heavy atom. The van der Waals surface area contributed by atoms with E-state index >= 15 is 0 Å². The van der Waals surface area contributed by atoms with E-state index in [1.54, 1.807) is 0 Å². The number of rotatable bonds is 3. The van der Waals surface area contributed by atoms with Gasteiger partial charge in [0.05, 0.1) is 0 Å². The Kier molecular flexibility index (Phi) is 2.64. The second kappa shape index (κ2) is 3.93. The molecule has 1 aromatic carbocycles. The van der Waals surface area contributed by atoms with Crippen LogP contribution < -0.4 is 5.32 Å². The Balaban J connectivity index is 1.99. The van der Waals surface area contributed by atoms with E-state index in [1.165, 1.54) is 5.56 Å². The lowest BCUT2D eigenvalue weighted by Crippen LogP contribution is -2.44. The van der Waals surface area contributed by atoms with Gasteiger partial charge in [-0.2, -0.15) is 0 Å². The number of benzene rings is 1. The lowest BCUT2D eigenvalue weighted by atomic mass is 9.97. The maximum atomic E-state index is 11.7. The van der Waals surface area contributed by atoms with Gasteiger partial charge in [0.25, 0.3) is 0 Å². The molecule has 1 saturated heterocycles. The average Bonchev–Trinajstić information content (AvgIpc) is 2.12. The fraction of sp³-hybridized carbons (Fsp3) is 0.417. The lowest BCUT2D eigenvalue weighted by molar-refractivity contribution is 0.0956. The van der Waals surface area contributed by atoms with Crippen LogP contribution in [0.5, 0.6) is 0 Å². The third kappa shape index (κ3) is 2.02. The van der Waals surface area contributed by atoms with Gasteiger partial charge in [-0.1, -0.05) is 29.8 Å². The van der Waals surface area contributed by atoms with Crippen LogP contribution >= 0.6 is 0 Å². The highest BCUT2D eigenvalue weighted by Gasteiger charge is 2.20. The van der Waals surface area contributed by atoms with Gasteiger partial charge in [0, 0.05) is 18.0 Å². The van der Waals surface area contributed by atoms with Crippen LogP contribution in [0.1, 0.15) is 28.8 Å². The standard InChI is InChI=1S/C12H15NO/c1-9-2-4-10(5-3-9)12(14)8-11-6-7-13-11/h2-5,11,13H,6-8H2,1H3. The molecule has 0 spiro atoms. The maximum absolute atomic E-state index is 11.7. The summed E-state index contributed by atoms with van der Waals surface area (Å²) in [5.74, 6) is 0.252. The smallest absolute Gasteiger partial charge is 0.164 e. The summed E-state index contributed by atoms with van der Waals surface area (Å²) in [6, 6.07) is 8.22. The average molecular weight is 189 g/mol. The van der Waals surface area contributed by atoms with Crippen molar-refractivity contribution in [1.82, 2.24) is 5.32 Å². The number of nitrogens with one attached hydrogen (secondary N) is 1. The van der Waals surface area contributed by atoms with Crippen molar-refractivity contribution in [3.63, 3.8) is 0 Å². The number of Topliss-reactive ketones (excluding diaryl/α,β-unsaturated/α-hetero) is 1. The van der Waals surface area contributed by atoms with E-state index in [1.807, 2.05) is 31.2 Å². The molecule has 1 aromatic rings. The lowest BCUT2D eigenvalue weighted by Gasteiger charge is -2.26. The molecule has 1 atom stereocenters. The van der Waals surface area contributed by atoms with Crippen molar-refractivity contribution in [3.8, 4) is 0 Å². The van der Waals surface area contributed by atoms with Crippen molar-refractivity contribution in [2.75, 3.05) is 6.54 Å². The third-order valence-corrected chi connectivity index (χ3v) is 2.73. The zero-order valence-electron chi connectivity index (χ0n) is 8.42. The Bertz CT molecular complexity index is 325. The van der Waals surface area contributed by atoms with Crippen LogP contribution in [-0.4, -0.2) is 18.4 Å². The molecule has 14 heavy (non-hydrogen) atoms. The summed E-state index contributed by atoms with van der Waals surface area (Å²) in [7, 11) is 0. The van der Waals surface area contributed by atoms with Gasteiger partial charge in [-0.05, 0) is 19.9 Å². The predicted octanol–water partition coefficient (Wildman–Crippen LogP) is 1.93. The molecular weight excluding hydrogens is 174 g/mol. The molecule has 2 rings (SSSR count). The van der Waals surface area contributed by atoms with Crippen molar-refractivity contribution in [1.29, 1.82) is 0 Å². The third-order valence-electron chi connectivity index (χ3n) is 2.73. The first-order chi connectivity index (χ1) is 6.75. The summed E-state index contributed by atoms with van der Waals surface area (Å²) < 4.78 is 0. The molecule has 1 N–H and O–H groups in total. The summed E-state index contributed by atoms with van der Waals surface area (Å²) in [5.41, 5.74) is 2.03. The van der Waals surface area contributed by atoms with Crippen LogP contribution in [0.15, 0.2) is 24.3 Å².